The van der Waals surface area contributed by atoms with Crippen LogP contribution in [0, 0.1) is 11.8 Å². The van der Waals surface area contributed by atoms with Gasteiger partial charge in [-0.3, -0.25) is 9.59 Å². The van der Waals surface area contributed by atoms with Gasteiger partial charge >= 0.3 is 5.97 Å². The number of hydrogen-bond donors (Lipinski definition) is 2. The number of amides is 1. The number of rotatable bonds is 3. The van der Waals surface area contributed by atoms with E-state index >= 15 is 0 Å². The van der Waals surface area contributed by atoms with Crippen molar-refractivity contribution >= 4 is 33.5 Å². The Morgan fingerprint density at radius 3 is 2.60 bits per heavy atom. The molecule has 2 heterocycles. The van der Waals surface area contributed by atoms with Crippen LogP contribution in [-0.4, -0.2) is 29.2 Å². The van der Waals surface area contributed by atoms with E-state index in [1.165, 1.54) is 0 Å². The van der Waals surface area contributed by atoms with E-state index in [0.29, 0.717) is 5.69 Å². The normalized spacial score (nSPS) is 31.2. The first-order valence-electron chi connectivity index (χ1n) is 6.51. The fraction of sp³-hybridized carbons (Fsp3) is 0.429. The van der Waals surface area contributed by atoms with Crippen molar-refractivity contribution in [2.24, 2.45) is 11.8 Å². The van der Waals surface area contributed by atoms with Crippen LogP contribution in [0.5, 0.6) is 0 Å². The van der Waals surface area contributed by atoms with E-state index in [4.69, 9.17) is 4.74 Å². The monoisotopic (exact) mass is 339 g/mol. The summed E-state index contributed by atoms with van der Waals surface area (Å²) >= 11 is 3.33. The number of carboxylic acid groups (broad SMARTS) is 1. The maximum absolute atomic E-state index is 12.4. The van der Waals surface area contributed by atoms with Crippen LogP contribution >= 0.6 is 15.9 Å². The molecule has 106 valence electrons. The molecule has 4 atom stereocenters. The smallest absolute Gasteiger partial charge is 0.310 e. The number of aliphatic carboxylic acids is 1. The number of carbonyl (C=O) groups excluding carboxylic acids is 1. The zero-order valence-electron chi connectivity index (χ0n) is 10.6. The summed E-state index contributed by atoms with van der Waals surface area (Å²) in [6.45, 7) is 0. The Morgan fingerprint density at radius 1 is 1.25 bits per heavy atom. The minimum atomic E-state index is -0.952. The highest BCUT2D eigenvalue weighted by atomic mass is 79.9. The third-order valence-corrected chi connectivity index (χ3v) is 4.45. The number of ether oxygens (including phenoxy) is 1. The number of fused-ring (bicyclic) bond motifs is 2. The van der Waals surface area contributed by atoms with Gasteiger partial charge in [0.05, 0.1) is 24.0 Å². The number of anilines is 1. The Kier molecular flexibility index (Phi) is 3.52. The van der Waals surface area contributed by atoms with Crippen LogP contribution in [0.25, 0.3) is 0 Å². The maximum atomic E-state index is 12.4. The molecule has 2 aliphatic rings. The van der Waals surface area contributed by atoms with E-state index in [2.05, 4.69) is 21.2 Å². The molecule has 3 rings (SSSR count). The van der Waals surface area contributed by atoms with Crippen molar-refractivity contribution in [3.05, 3.63) is 28.7 Å². The summed E-state index contributed by atoms with van der Waals surface area (Å²) in [5.74, 6) is -2.57. The predicted octanol–water partition coefficient (Wildman–Crippen LogP) is 2.27. The number of halogens is 1. The first kappa shape index (κ1) is 13.6. The first-order chi connectivity index (χ1) is 9.56. The minimum absolute atomic E-state index is 0.270. The number of hydrogen-bond acceptors (Lipinski definition) is 3. The molecule has 2 N–H and O–H groups in total. The molecule has 0 saturated carbocycles. The van der Waals surface area contributed by atoms with Gasteiger partial charge in [0.1, 0.15) is 0 Å². The summed E-state index contributed by atoms with van der Waals surface area (Å²) in [7, 11) is 0. The number of nitrogens with one attached hydrogen (secondary N) is 1. The van der Waals surface area contributed by atoms with Gasteiger partial charge in [-0.15, -0.1) is 0 Å². The molecular formula is C14H14BrNO4. The van der Waals surface area contributed by atoms with E-state index in [1.807, 2.05) is 12.1 Å². The summed E-state index contributed by atoms with van der Waals surface area (Å²) in [6, 6.07) is 7.22. The van der Waals surface area contributed by atoms with Crippen LogP contribution < -0.4 is 5.32 Å². The molecular weight excluding hydrogens is 326 g/mol. The molecule has 1 aromatic rings. The van der Waals surface area contributed by atoms with E-state index in [1.54, 1.807) is 12.1 Å². The van der Waals surface area contributed by atoms with Crippen molar-refractivity contribution in [1.82, 2.24) is 0 Å². The summed E-state index contributed by atoms with van der Waals surface area (Å²) < 4.78 is 6.45. The zero-order valence-corrected chi connectivity index (χ0v) is 12.2. The van der Waals surface area contributed by atoms with Crippen molar-refractivity contribution < 1.29 is 19.4 Å². The molecule has 0 radical (unpaired) electrons. The Morgan fingerprint density at radius 2 is 1.95 bits per heavy atom. The van der Waals surface area contributed by atoms with E-state index in [9.17, 15) is 14.7 Å². The quantitative estimate of drug-likeness (QED) is 0.885. The van der Waals surface area contributed by atoms with Crippen LogP contribution in [0.4, 0.5) is 5.69 Å². The van der Waals surface area contributed by atoms with Crippen molar-refractivity contribution in [2.75, 3.05) is 5.32 Å². The molecule has 0 unspecified atom stereocenters. The van der Waals surface area contributed by atoms with Crippen molar-refractivity contribution in [1.29, 1.82) is 0 Å². The molecule has 0 aliphatic carbocycles. The fourth-order valence-electron chi connectivity index (χ4n) is 3.12. The number of carbonyl (C=O) groups is 2. The van der Waals surface area contributed by atoms with Crippen molar-refractivity contribution in [3.63, 3.8) is 0 Å². The average Bonchev–Trinajstić information content (AvgIpc) is 2.98. The van der Waals surface area contributed by atoms with Gasteiger partial charge in [0.15, 0.2) is 0 Å². The highest BCUT2D eigenvalue weighted by Crippen LogP contribution is 2.44. The second-order valence-electron chi connectivity index (χ2n) is 5.18. The van der Waals surface area contributed by atoms with Crippen molar-refractivity contribution in [3.8, 4) is 0 Å². The lowest BCUT2D eigenvalue weighted by Gasteiger charge is -2.23. The lowest BCUT2D eigenvalue weighted by molar-refractivity contribution is -0.147. The van der Waals surface area contributed by atoms with Crippen LogP contribution in [0.2, 0.25) is 0 Å². The summed E-state index contributed by atoms with van der Waals surface area (Å²) in [5.41, 5.74) is 0.649. The molecule has 5 nitrogen and oxygen atoms in total. The summed E-state index contributed by atoms with van der Waals surface area (Å²) in [5, 5.41) is 12.1. The Hall–Kier alpha value is -1.40. The highest BCUT2D eigenvalue weighted by Gasteiger charge is 2.55. The lowest BCUT2D eigenvalue weighted by Crippen LogP contribution is -2.40. The molecule has 0 aromatic heterocycles. The van der Waals surface area contributed by atoms with Crippen molar-refractivity contribution in [2.45, 2.75) is 25.0 Å². The second-order valence-corrected chi connectivity index (χ2v) is 6.10. The summed E-state index contributed by atoms with van der Waals surface area (Å²) in [4.78, 5) is 23.7. The molecule has 2 bridgehead atoms. The maximum Gasteiger partial charge on any atom is 0.310 e. The lowest BCUT2D eigenvalue weighted by atomic mass is 9.78. The van der Waals surface area contributed by atoms with Crippen LogP contribution in [0.3, 0.4) is 0 Å². The largest absolute Gasteiger partial charge is 0.481 e. The molecule has 20 heavy (non-hydrogen) atoms. The zero-order chi connectivity index (χ0) is 14.3. The third-order valence-electron chi connectivity index (χ3n) is 3.95. The van der Waals surface area contributed by atoms with Crippen LogP contribution in [-0.2, 0) is 14.3 Å². The van der Waals surface area contributed by atoms with Gasteiger partial charge in [0.25, 0.3) is 0 Å². The molecule has 2 fully saturated rings. The van der Waals surface area contributed by atoms with Gasteiger partial charge in [-0.1, -0.05) is 22.0 Å². The molecule has 2 aliphatic heterocycles. The standard InChI is InChI=1S/C14H14BrNO4/c15-7-2-1-3-8(6-7)16-13(17)11-9-4-5-10(20-9)12(11)14(18)19/h1-3,6,9-12H,4-5H2,(H,16,17)(H,18,19)/t9-,10-,11+,12-/m1/s1. The molecule has 1 aromatic carbocycles. The highest BCUT2D eigenvalue weighted by molar-refractivity contribution is 9.10. The SMILES string of the molecule is O=C(Nc1cccc(Br)c1)[C@@H]1[C@H](C(=O)O)[C@H]2CC[C@H]1O2. The molecule has 1 amide bonds. The Balaban J connectivity index is 1.78. The van der Waals surface area contributed by atoms with E-state index < -0.39 is 17.8 Å². The van der Waals surface area contributed by atoms with Gasteiger partial charge in [0.2, 0.25) is 5.91 Å². The second kappa shape index (κ2) is 5.18. The topological polar surface area (TPSA) is 75.6 Å². The van der Waals surface area contributed by atoms with Crippen LogP contribution in [0.1, 0.15) is 12.8 Å². The van der Waals surface area contributed by atoms with E-state index in [-0.39, 0.29) is 18.1 Å². The number of benzene rings is 1. The third kappa shape index (κ3) is 2.33. The van der Waals surface area contributed by atoms with Crippen LogP contribution in [0.15, 0.2) is 28.7 Å². The van der Waals surface area contributed by atoms with Gasteiger partial charge < -0.3 is 15.2 Å². The average molecular weight is 340 g/mol. The fourth-order valence-corrected chi connectivity index (χ4v) is 3.52. The Labute approximate surface area is 124 Å². The van der Waals surface area contributed by atoms with Gasteiger partial charge in [0, 0.05) is 10.2 Å². The Bertz CT molecular complexity index is 562. The van der Waals surface area contributed by atoms with Gasteiger partial charge in [-0.2, -0.15) is 0 Å². The van der Waals surface area contributed by atoms with Gasteiger partial charge in [-0.25, -0.2) is 0 Å². The first-order valence-corrected chi connectivity index (χ1v) is 7.30. The molecule has 0 spiro atoms. The predicted molar refractivity (Wildman–Crippen MR) is 75.3 cm³/mol. The minimum Gasteiger partial charge on any atom is -0.481 e. The number of carboxylic acids is 1. The molecule has 2 saturated heterocycles. The van der Waals surface area contributed by atoms with Gasteiger partial charge in [-0.05, 0) is 31.0 Å². The van der Waals surface area contributed by atoms with E-state index in [0.717, 1.165) is 17.3 Å². The molecule has 6 heteroatoms. The summed E-state index contributed by atoms with van der Waals surface area (Å²) in [6.07, 6.45) is 0.886.